The minimum absolute atomic E-state index is 0.0116. The highest BCUT2D eigenvalue weighted by Gasteiger charge is 2.24. The summed E-state index contributed by atoms with van der Waals surface area (Å²) in [5.41, 5.74) is 10.6. The van der Waals surface area contributed by atoms with Gasteiger partial charge in [-0.05, 0) is 128 Å². The summed E-state index contributed by atoms with van der Waals surface area (Å²) in [6.07, 6.45) is 15.9. The van der Waals surface area contributed by atoms with Gasteiger partial charge in [-0.3, -0.25) is 9.98 Å². The summed E-state index contributed by atoms with van der Waals surface area (Å²) in [4.78, 5) is 10.2. The summed E-state index contributed by atoms with van der Waals surface area (Å²) in [5, 5.41) is 22.2. The van der Waals surface area contributed by atoms with E-state index in [1.54, 1.807) is 0 Å². The molecule has 5 nitrogen and oxygen atoms in total. The van der Waals surface area contributed by atoms with Gasteiger partial charge in [0.25, 0.3) is 0 Å². The van der Waals surface area contributed by atoms with Crippen LogP contribution in [0.15, 0.2) is 82.8 Å². The van der Waals surface area contributed by atoms with Gasteiger partial charge in [0, 0.05) is 23.6 Å². The fourth-order valence-corrected chi connectivity index (χ4v) is 7.42. The molecule has 1 saturated carbocycles. The topological polar surface area (TPSA) is 65.2 Å². The molecule has 0 aromatic heterocycles. The Morgan fingerprint density at radius 3 is 1.55 bits per heavy atom. The average molecular weight is 687 g/mol. The Morgan fingerprint density at radius 1 is 0.647 bits per heavy atom. The van der Waals surface area contributed by atoms with Crippen LogP contribution in [0.5, 0.6) is 11.5 Å². The number of aryl methyl sites for hydroxylation is 4. The summed E-state index contributed by atoms with van der Waals surface area (Å²) in [5.74, 6) is 0.568. The first-order valence-electron chi connectivity index (χ1n) is 19.2. The lowest BCUT2D eigenvalue weighted by Crippen LogP contribution is -2.35. The van der Waals surface area contributed by atoms with E-state index < -0.39 is 0 Å². The van der Waals surface area contributed by atoms with Crippen LogP contribution in [-0.2, 0) is 12.8 Å². The summed E-state index contributed by atoms with van der Waals surface area (Å²) < 4.78 is 0.984. The second-order valence-corrected chi connectivity index (χ2v) is 15.7. The molecule has 5 rings (SSSR count). The van der Waals surface area contributed by atoms with Crippen LogP contribution in [0.1, 0.15) is 98.1 Å². The molecule has 4 aromatic rings. The zero-order valence-corrected chi connectivity index (χ0v) is 32.0. The van der Waals surface area contributed by atoms with Crippen LogP contribution in [0.2, 0.25) is 0 Å². The SMILES string of the molecule is CCCCCc1ccccc1-c1cc(C)c(O)c(C=NC2CCCCC2N=Cc2cc(-c3ccccc3CCCC[N+](C)(C)C)cc(C)c2O)c1. The number of hydrogen-bond donors (Lipinski definition) is 2. The highest BCUT2D eigenvalue weighted by molar-refractivity contribution is 5.89. The van der Waals surface area contributed by atoms with Crippen molar-refractivity contribution < 1.29 is 14.7 Å². The van der Waals surface area contributed by atoms with Crippen molar-refractivity contribution in [3.05, 3.63) is 106 Å². The van der Waals surface area contributed by atoms with Crippen molar-refractivity contribution in [1.82, 2.24) is 0 Å². The Balaban J connectivity index is 1.36. The second-order valence-electron chi connectivity index (χ2n) is 15.7. The first-order chi connectivity index (χ1) is 24.5. The van der Waals surface area contributed by atoms with Crippen molar-refractivity contribution in [2.45, 2.75) is 103 Å². The molecule has 1 aliphatic carbocycles. The quantitative estimate of drug-likeness (QED) is 0.0743. The first-order valence-corrected chi connectivity index (χ1v) is 19.2. The molecule has 0 saturated heterocycles. The van der Waals surface area contributed by atoms with Gasteiger partial charge in [0.05, 0.1) is 39.8 Å². The van der Waals surface area contributed by atoms with E-state index in [1.165, 1.54) is 47.9 Å². The summed E-state index contributed by atoms with van der Waals surface area (Å²) in [6.45, 7) is 7.34. The van der Waals surface area contributed by atoms with Crippen LogP contribution in [-0.4, -0.2) is 66.9 Å². The normalized spacial score (nSPS) is 16.7. The van der Waals surface area contributed by atoms with Crippen LogP contribution in [0.25, 0.3) is 22.3 Å². The van der Waals surface area contributed by atoms with Gasteiger partial charge in [-0.1, -0.05) is 81.1 Å². The third kappa shape index (κ3) is 10.4. The fourth-order valence-electron chi connectivity index (χ4n) is 7.42. The van der Waals surface area contributed by atoms with E-state index in [-0.39, 0.29) is 23.6 Å². The molecule has 51 heavy (non-hydrogen) atoms. The number of phenols is 2. The number of aromatic hydroxyl groups is 2. The molecule has 2 N–H and O–H groups in total. The molecule has 0 heterocycles. The Bertz CT molecular complexity index is 1820. The van der Waals surface area contributed by atoms with Crippen molar-refractivity contribution in [2.75, 3.05) is 27.7 Å². The molecule has 0 radical (unpaired) electrons. The molecule has 0 amide bonds. The molecular weight excluding hydrogens is 627 g/mol. The van der Waals surface area contributed by atoms with E-state index in [2.05, 4.69) is 101 Å². The summed E-state index contributed by atoms with van der Waals surface area (Å²) in [7, 11) is 6.75. The maximum atomic E-state index is 11.1. The minimum Gasteiger partial charge on any atom is -0.507 e. The largest absolute Gasteiger partial charge is 0.507 e. The number of phenolic OH excluding ortho intramolecular Hbond substituents is 2. The van der Waals surface area contributed by atoms with Crippen molar-refractivity contribution in [1.29, 1.82) is 0 Å². The lowest BCUT2D eigenvalue weighted by atomic mass is 9.90. The summed E-state index contributed by atoms with van der Waals surface area (Å²) in [6, 6.07) is 25.7. The van der Waals surface area contributed by atoms with Gasteiger partial charge in [0.2, 0.25) is 0 Å². The van der Waals surface area contributed by atoms with Crippen molar-refractivity contribution >= 4 is 12.4 Å². The van der Waals surface area contributed by atoms with E-state index in [4.69, 9.17) is 9.98 Å². The molecule has 0 bridgehead atoms. The predicted octanol–water partition coefficient (Wildman–Crippen LogP) is 10.7. The van der Waals surface area contributed by atoms with Crippen molar-refractivity contribution in [2.24, 2.45) is 9.98 Å². The zero-order valence-electron chi connectivity index (χ0n) is 32.0. The monoisotopic (exact) mass is 686 g/mol. The molecule has 0 spiro atoms. The van der Waals surface area contributed by atoms with Crippen LogP contribution < -0.4 is 0 Å². The standard InChI is InChI=1S/C46H59N3O2/c1-7-8-9-18-35-19-10-12-22-41(35)37-27-33(2)45(50)39(29-37)31-47-43-24-14-15-25-44(43)48-32-40-30-38(28-34(3)46(40)51)42-23-13-11-20-36(42)21-16-17-26-49(4,5)6/h10-13,19-20,22-23,27-32,43-44H,7-9,14-18,21,24-26H2,1-6H3,(H-,47,48,50,51)/p+1. The lowest BCUT2D eigenvalue weighted by molar-refractivity contribution is -0.870. The fraction of sp³-hybridized carbons (Fsp3) is 0.435. The number of unbranched alkanes of at least 4 members (excludes halogenated alkanes) is 3. The minimum atomic E-state index is 0.0116. The highest BCUT2D eigenvalue weighted by atomic mass is 16.3. The van der Waals surface area contributed by atoms with Gasteiger partial charge < -0.3 is 14.7 Å². The van der Waals surface area contributed by atoms with E-state index >= 15 is 0 Å². The second kappa shape index (κ2) is 17.8. The van der Waals surface area contributed by atoms with Crippen LogP contribution in [0.3, 0.4) is 0 Å². The highest BCUT2D eigenvalue weighted by Crippen LogP contribution is 2.34. The van der Waals surface area contributed by atoms with Crippen LogP contribution in [0, 0.1) is 13.8 Å². The van der Waals surface area contributed by atoms with Crippen LogP contribution >= 0.6 is 0 Å². The number of aliphatic imine (C=N–C) groups is 2. The number of nitrogens with zero attached hydrogens (tertiary/aromatic N) is 3. The molecule has 2 atom stereocenters. The van der Waals surface area contributed by atoms with Gasteiger partial charge in [-0.2, -0.15) is 0 Å². The van der Waals surface area contributed by atoms with Gasteiger partial charge >= 0.3 is 0 Å². The Kier molecular flexibility index (Phi) is 13.3. The Morgan fingerprint density at radius 2 is 1.10 bits per heavy atom. The van der Waals surface area contributed by atoms with Crippen molar-refractivity contribution in [3.63, 3.8) is 0 Å². The maximum Gasteiger partial charge on any atom is 0.127 e. The molecule has 0 aliphatic heterocycles. The molecule has 1 fully saturated rings. The smallest absolute Gasteiger partial charge is 0.127 e. The third-order valence-electron chi connectivity index (χ3n) is 10.4. The average Bonchev–Trinajstić information content (AvgIpc) is 3.11. The summed E-state index contributed by atoms with van der Waals surface area (Å²) >= 11 is 0. The Labute approximate surface area is 307 Å². The van der Waals surface area contributed by atoms with Gasteiger partial charge in [0.15, 0.2) is 0 Å². The molecule has 2 unspecified atom stereocenters. The zero-order chi connectivity index (χ0) is 36.4. The molecule has 1 aliphatic rings. The number of hydrogen-bond acceptors (Lipinski definition) is 4. The number of benzene rings is 4. The van der Waals surface area contributed by atoms with E-state index in [1.807, 2.05) is 26.3 Å². The molecule has 270 valence electrons. The van der Waals surface area contributed by atoms with Gasteiger partial charge in [0.1, 0.15) is 11.5 Å². The number of rotatable bonds is 15. The molecule has 4 aromatic carbocycles. The predicted molar refractivity (Wildman–Crippen MR) is 217 cm³/mol. The van der Waals surface area contributed by atoms with Crippen molar-refractivity contribution in [3.8, 4) is 33.8 Å². The van der Waals surface area contributed by atoms with Gasteiger partial charge in [-0.15, -0.1) is 0 Å². The lowest BCUT2D eigenvalue weighted by Gasteiger charge is -2.25. The first kappa shape index (κ1) is 38.0. The van der Waals surface area contributed by atoms with E-state index in [0.29, 0.717) is 0 Å². The van der Waals surface area contributed by atoms with E-state index in [0.717, 1.165) is 89.4 Å². The molecule has 5 heteroatoms. The van der Waals surface area contributed by atoms with Crippen LogP contribution in [0.4, 0.5) is 0 Å². The number of quaternary nitrogens is 1. The van der Waals surface area contributed by atoms with Gasteiger partial charge in [-0.25, -0.2) is 0 Å². The Hall–Kier alpha value is -4.22. The van der Waals surface area contributed by atoms with E-state index in [9.17, 15) is 10.2 Å². The molecular formula is C46H60N3O2+. The third-order valence-corrected chi connectivity index (χ3v) is 10.4. The maximum absolute atomic E-state index is 11.1.